The molecule has 1 aliphatic carbocycles. The highest BCUT2D eigenvalue weighted by molar-refractivity contribution is 5.78. The topological polar surface area (TPSA) is 35.5 Å². The molecule has 0 radical (unpaired) electrons. The monoisotopic (exact) mass is 332 g/mol. The van der Waals surface area contributed by atoms with Gasteiger partial charge in [0.15, 0.2) is 0 Å². The molecule has 1 aliphatic rings. The normalized spacial score (nSPS) is 23.9. The molecule has 2 atom stereocenters. The molecular weight excluding hydrogens is 300 g/mol. The third-order valence-electron chi connectivity index (χ3n) is 5.16. The van der Waals surface area contributed by atoms with Gasteiger partial charge in [0.1, 0.15) is 0 Å². The Bertz CT molecular complexity index is 533. The predicted octanol–water partition coefficient (Wildman–Crippen LogP) is 4.91. The average Bonchev–Trinajstić information content (AvgIpc) is 2.97. The third kappa shape index (κ3) is 4.18. The number of carbonyl (C=O) groups excluding carboxylic acids is 1. The molecule has 24 heavy (non-hydrogen) atoms. The molecule has 1 aromatic rings. The summed E-state index contributed by atoms with van der Waals surface area (Å²) in [6.07, 6.45) is 2.76. The van der Waals surface area contributed by atoms with Gasteiger partial charge in [-0.3, -0.25) is 4.79 Å². The van der Waals surface area contributed by atoms with E-state index in [-0.39, 0.29) is 18.0 Å². The first-order chi connectivity index (χ1) is 11.4. The van der Waals surface area contributed by atoms with Crippen LogP contribution in [0.5, 0.6) is 0 Å². The Morgan fingerprint density at radius 2 is 1.88 bits per heavy atom. The zero-order valence-corrected chi connectivity index (χ0v) is 15.8. The van der Waals surface area contributed by atoms with Crippen LogP contribution in [0.15, 0.2) is 24.3 Å². The molecule has 0 amide bonds. The van der Waals surface area contributed by atoms with Crippen molar-refractivity contribution >= 4 is 5.97 Å². The number of benzene rings is 1. The molecule has 3 nitrogen and oxygen atoms in total. The predicted molar refractivity (Wildman–Crippen MR) is 96.7 cm³/mol. The van der Waals surface area contributed by atoms with Gasteiger partial charge in [0, 0.05) is 0 Å². The van der Waals surface area contributed by atoms with E-state index in [1.165, 1.54) is 5.56 Å². The summed E-state index contributed by atoms with van der Waals surface area (Å²) in [5, 5.41) is 0. The van der Waals surface area contributed by atoms with Crippen molar-refractivity contribution in [3.05, 3.63) is 35.4 Å². The molecular formula is C21H32O3. The van der Waals surface area contributed by atoms with Gasteiger partial charge in [0.05, 0.1) is 24.7 Å². The Kier molecular flexibility index (Phi) is 6.45. The number of hydrogen-bond acceptors (Lipinski definition) is 3. The van der Waals surface area contributed by atoms with E-state index in [9.17, 15) is 4.79 Å². The lowest BCUT2D eigenvalue weighted by Crippen LogP contribution is -2.45. The molecule has 1 fully saturated rings. The number of ether oxygens (including phenoxy) is 2. The van der Waals surface area contributed by atoms with E-state index in [4.69, 9.17) is 9.47 Å². The molecule has 0 N–H and O–H groups in total. The van der Waals surface area contributed by atoms with Gasteiger partial charge in [-0.15, -0.1) is 0 Å². The van der Waals surface area contributed by atoms with Crippen LogP contribution in [-0.2, 0) is 20.9 Å². The lowest BCUT2D eigenvalue weighted by molar-refractivity contribution is -0.171. The summed E-state index contributed by atoms with van der Waals surface area (Å²) in [4.78, 5) is 12.9. The average molecular weight is 332 g/mol. The molecule has 1 aromatic carbocycles. The molecule has 134 valence electrons. The van der Waals surface area contributed by atoms with Gasteiger partial charge < -0.3 is 9.47 Å². The lowest BCUT2D eigenvalue weighted by Gasteiger charge is -2.36. The maximum Gasteiger partial charge on any atom is 0.314 e. The van der Waals surface area contributed by atoms with Crippen molar-refractivity contribution in [3.63, 3.8) is 0 Å². The van der Waals surface area contributed by atoms with Crippen LogP contribution >= 0.6 is 0 Å². The lowest BCUT2D eigenvalue weighted by atomic mass is 9.74. The Morgan fingerprint density at radius 3 is 2.46 bits per heavy atom. The second-order valence-electron chi connectivity index (χ2n) is 7.86. The second-order valence-corrected chi connectivity index (χ2v) is 7.86. The van der Waals surface area contributed by atoms with Crippen LogP contribution in [0, 0.1) is 24.2 Å². The zero-order chi connectivity index (χ0) is 17.7. The number of esters is 1. The maximum absolute atomic E-state index is 12.9. The van der Waals surface area contributed by atoms with Crippen LogP contribution < -0.4 is 0 Å². The fraction of sp³-hybridized carbons (Fsp3) is 0.667. The molecule has 0 bridgehead atoms. The summed E-state index contributed by atoms with van der Waals surface area (Å²) in [7, 11) is 0. The second kappa shape index (κ2) is 8.15. The van der Waals surface area contributed by atoms with Crippen molar-refractivity contribution in [1.29, 1.82) is 0 Å². The number of hydrogen-bond donors (Lipinski definition) is 0. The summed E-state index contributed by atoms with van der Waals surface area (Å²) in [5.74, 6) is 0.492. The van der Waals surface area contributed by atoms with E-state index in [1.54, 1.807) is 0 Å². The minimum Gasteiger partial charge on any atom is -0.465 e. The van der Waals surface area contributed by atoms with Crippen LogP contribution in [0.3, 0.4) is 0 Å². The van der Waals surface area contributed by atoms with E-state index >= 15 is 0 Å². The van der Waals surface area contributed by atoms with E-state index in [0.29, 0.717) is 19.1 Å². The largest absolute Gasteiger partial charge is 0.465 e. The van der Waals surface area contributed by atoms with Gasteiger partial charge >= 0.3 is 5.97 Å². The Balaban J connectivity index is 2.08. The zero-order valence-electron chi connectivity index (χ0n) is 15.8. The van der Waals surface area contributed by atoms with Crippen molar-refractivity contribution in [1.82, 2.24) is 0 Å². The Morgan fingerprint density at radius 1 is 1.21 bits per heavy atom. The first-order valence-corrected chi connectivity index (χ1v) is 9.20. The summed E-state index contributed by atoms with van der Waals surface area (Å²) in [6, 6.07) is 8.39. The fourth-order valence-electron chi connectivity index (χ4n) is 3.62. The van der Waals surface area contributed by atoms with Gasteiger partial charge in [0.2, 0.25) is 0 Å². The van der Waals surface area contributed by atoms with E-state index < -0.39 is 5.41 Å². The molecule has 0 aromatic heterocycles. The van der Waals surface area contributed by atoms with E-state index in [0.717, 1.165) is 24.8 Å². The SMILES string of the molecule is Cc1ccc(COC2CCCC2(C(=O)OCC(C)C)C(C)C)cc1. The molecule has 0 aliphatic heterocycles. The molecule has 1 saturated carbocycles. The number of rotatable bonds is 7. The fourth-order valence-corrected chi connectivity index (χ4v) is 3.62. The van der Waals surface area contributed by atoms with Crippen molar-refractivity contribution in [2.45, 2.75) is 66.6 Å². The molecule has 2 rings (SSSR count). The molecule has 0 saturated heterocycles. The van der Waals surface area contributed by atoms with Gasteiger partial charge in [-0.05, 0) is 43.6 Å². The van der Waals surface area contributed by atoms with Crippen LogP contribution in [-0.4, -0.2) is 18.7 Å². The van der Waals surface area contributed by atoms with Gasteiger partial charge in [0.25, 0.3) is 0 Å². The highest BCUT2D eigenvalue weighted by atomic mass is 16.5. The molecule has 0 spiro atoms. The first-order valence-electron chi connectivity index (χ1n) is 9.20. The summed E-state index contributed by atoms with van der Waals surface area (Å²) in [5.41, 5.74) is 1.90. The van der Waals surface area contributed by atoms with E-state index in [2.05, 4.69) is 58.9 Å². The third-order valence-corrected chi connectivity index (χ3v) is 5.16. The summed E-state index contributed by atoms with van der Waals surface area (Å²) in [6.45, 7) is 11.5. The molecule has 0 heterocycles. The molecule has 2 unspecified atom stereocenters. The number of carbonyl (C=O) groups is 1. The quantitative estimate of drug-likeness (QED) is 0.666. The van der Waals surface area contributed by atoms with Crippen LogP contribution in [0.1, 0.15) is 58.1 Å². The summed E-state index contributed by atoms with van der Waals surface area (Å²) < 4.78 is 11.9. The van der Waals surface area contributed by atoms with Crippen molar-refractivity contribution in [3.8, 4) is 0 Å². The van der Waals surface area contributed by atoms with Crippen LogP contribution in [0.4, 0.5) is 0 Å². The van der Waals surface area contributed by atoms with Gasteiger partial charge in [-0.25, -0.2) is 0 Å². The number of aryl methyl sites for hydroxylation is 1. The van der Waals surface area contributed by atoms with Crippen molar-refractivity contribution < 1.29 is 14.3 Å². The van der Waals surface area contributed by atoms with E-state index in [1.807, 2.05) is 0 Å². The smallest absolute Gasteiger partial charge is 0.314 e. The van der Waals surface area contributed by atoms with Crippen molar-refractivity contribution in [2.24, 2.45) is 17.3 Å². The van der Waals surface area contributed by atoms with Crippen LogP contribution in [0.25, 0.3) is 0 Å². The highest BCUT2D eigenvalue weighted by Gasteiger charge is 2.53. The Hall–Kier alpha value is -1.35. The summed E-state index contributed by atoms with van der Waals surface area (Å²) >= 11 is 0. The minimum atomic E-state index is -0.500. The van der Waals surface area contributed by atoms with Gasteiger partial charge in [-0.2, -0.15) is 0 Å². The van der Waals surface area contributed by atoms with Crippen LogP contribution in [0.2, 0.25) is 0 Å². The van der Waals surface area contributed by atoms with Crippen molar-refractivity contribution in [2.75, 3.05) is 6.61 Å². The first kappa shape index (κ1) is 19.0. The van der Waals surface area contributed by atoms with Gasteiger partial charge in [-0.1, -0.05) is 57.5 Å². The maximum atomic E-state index is 12.9. The Labute approximate surface area is 146 Å². The standard InChI is InChI=1S/C21H32O3/c1-15(2)13-24-20(22)21(16(3)4)12-6-7-19(21)23-14-18-10-8-17(5)9-11-18/h8-11,15-16,19H,6-7,12-14H2,1-5H3. The highest BCUT2D eigenvalue weighted by Crippen LogP contribution is 2.47. The minimum absolute atomic E-state index is 0.0570. The molecule has 3 heteroatoms.